The van der Waals surface area contributed by atoms with E-state index in [1.54, 1.807) is 0 Å². The van der Waals surface area contributed by atoms with Crippen LogP contribution in [0.1, 0.15) is 37.8 Å². The van der Waals surface area contributed by atoms with Gasteiger partial charge >= 0.3 is 0 Å². The molecule has 0 amide bonds. The molecule has 1 fully saturated rings. The van der Waals surface area contributed by atoms with Crippen molar-refractivity contribution < 1.29 is 0 Å². The van der Waals surface area contributed by atoms with Crippen molar-refractivity contribution in [2.24, 2.45) is 11.7 Å². The van der Waals surface area contributed by atoms with Crippen LogP contribution in [0.5, 0.6) is 0 Å². The molecule has 0 bridgehead atoms. The molecular formula is C15H21N3. The third-order valence-corrected chi connectivity index (χ3v) is 3.80. The van der Waals surface area contributed by atoms with Gasteiger partial charge in [-0.1, -0.05) is 19.9 Å². The molecular weight excluding hydrogens is 222 g/mol. The molecule has 1 saturated heterocycles. The van der Waals surface area contributed by atoms with Crippen LogP contribution in [-0.2, 0) is 6.54 Å². The van der Waals surface area contributed by atoms with Gasteiger partial charge in [-0.3, -0.25) is 0 Å². The number of benzene rings is 1. The van der Waals surface area contributed by atoms with Gasteiger partial charge in [0, 0.05) is 19.1 Å². The van der Waals surface area contributed by atoms with Gasteiger partial charge in [0.2, 0.25) is 0 Å². The van der Waals surface area contributed by atoms with Crippen LogP contribution in [0.2, 0.25) is 0 Å². The molecule has 3 nitrogen and oxygen atoms in total. The Morgan fingerprint density at radius 3 is 2.89 bits per heavy atom. The molecule has 1 aromatic rings. The standard InChI is InChI=1S/C15H21N3/c1-11(2)14-4-3-7-18(14)15-6-5-12(9-16)8-13(15)10-17/h5-6,8,11,14H,3-4,7,9,16H2,1-2H3. The van der Waals surface area contributed by atoms with Crippen LogP contribution in [0.4, 0.5) is 5.69 Å². The van der Waals surface area contributed by atoms with E-state index in [2.05, 4.69) is 30.9 Å². The second kappa shape index (κ2) is 5.41. The zero-order valence-electron chi connectivity index (χ0n) is 11.2. The molecule has 96 valence electrons. The minimum absolute atomic E-state index is 0.489. The van der Waals surface area contributed by atoms with Crippen LogP contribution in [0.15, 0.2) is 18.2 Å². The van der Waals surface area contributed by atoms with Gasteiger partial charge < -0.3 is 10.6 Å². The average molecular weight is 243 g/mol. The van der Waals surface area contributed by atoms with Gasteiger partial charge in [-0.05, 0) is 36.5 Å². The van der Waals surface area contributed by atoms with E-state index in [-0.39, 0.29) is 0 Å². The minimum Gasteiger partial charge on any atom is -0.367 e. The zero-order chi connectivity index (χ0) is 13.1. The first-order valence-corrected chi connectivity index (χ1v) is 6.67. The monoisotopic (exact) mass is 243 g/mol. The highest BCUT2D eigenvalue weighted by Crippen LogP contribution is 2.32. The summed E-state index contributed by atoms with van der Waals surface area (Å²) in [5.41, 5.74) is 8.48. The van der Waals surface area contributed by atoms with Crippen LogP contribution in [0.25, 0.3) is 0 Å². The van der Waals surface area contributed by atoms with Crippen molar-refractivity contribution in [3.8, 4) is 6.07 Å². The summed E-state index contributed by atoms with van der Waals surface area (Å²) in [5, 5.41) is 9.31. The Morgan fingerprint density at radius 1 is 1.50 bits per heavy atom. The quantitative estimate of drug-likeness (QED) is 0.888. The van der Waals surface area contributed by atoms with Crippen molar-refractivity contribution in [2.45, 2.75) is 39.3 Å². The number of nitrogens with two attached hydrogens (primary N) is 1. The molecule has 2 rings (SSSR count). The lowest BCUT2D eigenvalue weighted by Crippen LogP contribution is -2.33. The molecule has 18 heavy (non-hydrogen) atoms. The largest absolute Gasteiger partial charge is 0.367 e. The first-order chi connectivity index (χ1) is 8.67. The van der Waals surface area contributed by atoms with Gasteiger partial charge in [0.25, 0.3) is 0 Å². The summed E-state index contributed by atoms with van der Waals surface area (Å²) in [5.74, 6) is 0.619. The van der Waals surface area contributed by atoms with Crippen molar-refractivity contribution in [1.29, 1.82) is 5.26 Å². The highest BCUT2D eigenvalue weighted by atomic mass is 15.2. The van der Waals surface area contributed by atoms with E-state index < -0.39 is 0 Å². The normalized spacial score (nSPS) is 19.3. The zero-order valence-corrected chi connectivity index (χ0v) is 11.2. The summed E-state index contributed by atoms with van der Waals surface area (Å²) in [6, 6.07) is 8.88. The maximum Gasteiger partial charge on any atom is 0.101 e. The number of nitrogens with zero attached hydrogens (tertiary/aromatic N) is 2. The van der Waals surface area contributed by atoms with Crippen molar-refractivity contribution in [3.63, 3.8) is 0 Å². The maximum absolute atomic E-state index is 9.31. The summed E-state index contributed by atoms with van der Waals surface area (Å²) in [4.78, 5) is 2.39. The first-order valence-electron chi connectivity index (χ1n) is 6.67. The summed E-state index contributed by atoms with van der Waals surface area (Å²) < 4.78 is 0. The van der Waals surface area contributed by atoms with Gasteiger partial charge in [-0.25, -0.2) is 0 Å². The molecule has 1 atom stereocenters. The Labute approximate surface area is 109 Å². The summed E-state index contributed by atoms with van der Waals surface area (Å²) in [6.45, 7) is 6.05. The van der Waals surface area contributed by atoms with Crippen molar-refractivity contribution in [3.05, 3.63) is 29.3 Å². The van der Waals surface area contributed by atoms with Crippen LogP contribution in [0, 0.1) is 17.2 Å². The molecule has 2 N–H and O–H groups in total. The predicted molar refractivity (Wildman–Crippen MR) is 74.3 cm³/mol. The molecule has 0 radical (unpaired) electrons. The van der Waals surface area contributed by atoms with E-state index in [1.807, 2.05) is 12.1 Å². The lowest BCUT2D eigenvalue weighted by atomic mass is 10.0. The van der Waals surface area contributed by atoms with Gasteiger partial charge in [0.15, 0.2) is 0 Å². The third-order valence-electron chi connectivity index (χ3n) is 3.80. The maximum atomic E-state index is 9.31. The van der Waals surface area contributed by atoms with E-state index >= 15 is 0 Å². The van der Waals surface area contributed by atoms with Crippen molar-refractivity contribution in [2.75, 3.05) is 11.4 Å². The Kier molecular flexibility index (Phi) is 3.88. The number of hydrogen-bond acceptors (Lipinski definition) is 3. The fraction of sp³-hybridized carbons (Fsp3) is 0.533. The fourth-order valence-corrected chi connectivity index (χ4v) is 2.83. The molecule has 3 heteroatoms. The molecule has 1 heterocycles. The second-order valence-corrected chi connectivity index (χ2v) is 5.31. The van der Waals surface area contributed by atoms with E-state index in [1.165, 1.54) is 12.8 Å². The first kappa shape index (κ1) is 12.9. The van der Waals surface area contributed by atoms with Gasteiger partial charge in [-0.2, -0.15) is 5.26 Å². The van der Waals surface area contributed by atoms with Crippen LogP contribution in [-0.4, -0.2) is 12.6 Å². The average Bonchev–Trinajstić information content (AvgIpc) is 2.87. The van der Waals surface area contributed by atoms with Gasteiger partial charge in [0.05, 0.1) is 11.3 Å². The van der Waals surface area contributed by atoms with Crippen LogP contribution >= 0.6 is 0 Å². The van der Waals surface area contributed by atoms with Gasteiger partial charge in [0.1, 0.15) is 6.07 Å². The Bertz CT molecular complexity index is 459. The molecule has 1 unspecified atom stereocenters. The predicted octanol–water partition coefficient (Wildman–Crippen LogP) is 2.64. The van der Waals surface area contributed by atoms with Crippen LogP contribution in [0.3, 0.4) is 0 Å². The highest BCUT2D eigenvalue weighted by molar-refractivity contribution is 5.61. The van der Waals surface area contributed by atoms with E-state index in [0.29, 0.717) is 18.5 Å². The smallest absolute Gasteiger partial charge is 0.101 e. The SMILES string of the molecule is CC(C)C1CCCN1c1ccc(CN)cc1C#N. The summed E-state index contributed by atoms with van der Waals surface area (Å²) >= 11 is 0. The molecule has 0 saturated carbocycles. The van der Waals surface area contributed by atoms with E-state index in [0.717, 1.165) is 23.4 Å². The van der Waals surface area contributed by atoms with Crippen molar-refractivity contribution in [1.82, 2.24) is 0 Å². The lowest BCUT2D eigenvalue weighted by Gasteiger charge is -2.30. The molecule has 0 spiro atoms. The van der Waals surface area contributed by atoms with Crippen LogP contribution < -0.4 is 10.6 Å². The second-order valence-electron chi connectivity index (χ2n) is 5.31. The lowest BCUT2D eigenvalue weighted by molar-refractivity contribution is 0.492. The Balaban J connectivity index is 2.36. The highest BCUT2D eigenvalue weighted by Gasteiger charge is 2.28. The summed E-state index contributed by atoms with van der Waals surface area (Å²) in [6.07, 6.45) is 2.44. The molecule has 1 aromatic carbocycles. The summed E-state index contributed by atoms with van der Waals surface area (Å²) in [7, 11) is 0. The minimum atomic E-state index is 0.489. The Hall–Kier alpha value is -1.53. The molecule has 1 aliphatic heterocycles. The number of rotatable bonds is 3. The molecule has 0 aliphatic carbocycles. The fourth-order valence-electron chi connectivity index (χ4n) is 2.83. The molecule has 1 aliphatic rings. The van der Waals surface area contributed by atoms with Crippen molar-refractivity contribution >= 4 is 5.69 Å². The van der Waals surface area contributed by atoms with Gasteiger partial charge in [-0.15, -0.1) is 0 Å². The van der Waals surface area contributed by atoms with E-state index in [4.69, 9.17) is 5.73 Å². The third kappa shape index (κ3) is 2.34. The van der Waals surface area contributed by atoms with E-state index in [9.17, 15) is 5.26 Å². The topological polar surface area (TPSA) is 53.0 Å². The Morgan fingerprint density at radius 2 is 2.28 bits per heavy atom. The number of nitriles is 1. The number of anilines is 1. The molecule has 0 aromatic heterocycles. The number of hydrogen-bond donors (Lipinski definition) is 1.